The lowest BCUT2D eigenvalue weighted by Crippen LogP contribution is -2.45. The van der Waals surface area contributed by atoms with Gasteiger partial charge in [0.2, 0.25) is 0 Å². The number of benzene rings is 2. The largest absolute Gasteiger partial charge is 0.497 e. The molecular weight excluding hydrogens is 346 g/mol. The van der Waals surface area contributed by atoms with Crippen LogP contribution in [-0.2, 0) is 9.53 Å². The lowest BCUT2D eigenvalue weighted by atomic mass is 10.0. The van der Waals surface area contributed by atoms with Crippen LogP contribution in [0.15, 0.2) is 48.5 Å². The van der Waals surface area contributed by atoms with Crippen molar-refractivity contribution < 1.29 is 24.2 Å². The molecule has 25 heavy (non-hydrogen) atoms. The van der Waals surface area contributed by atoms with Gasteiger partial charge in [-0.25, -0.2) is 4.79 Å². The smallest absolute Gasteiger partial charge is 0.331 e. The number of rotatable bonds is 6. The number of aliphatic hydroxyl groups excluding tert-OH is 1. The van der Waals surface area contributed by atoms with E-state index in [1.54, 1.807) is 36.4 Å². The molecule has 132 valence electrons. The maximum Gasteiger partial charge on any atom is 0.331 e. The first-order valence-electron chi connectivity index (χ1n) is 7.42. The standard InChI is InChI=1S/C18H18ClNO5/c1-24-14-9-5-11(6-10-14)16(21)15(18(23)25-2)20-17(22)12-3-7-13(19)8-4-12/h3-10,15-16,21H,1-2H3,(H,20,22). The Balaban J connectivity index is 2.21. The summed E-state index contributed by atoms with van der Waals surface area (Å²) in [6, 6.07) is 11.4. The molecule has 7 heteroatoms. The van der Waals surface area contributed by atoms with E-state index in [4.69, 9.17) is 21.1 Å². The summed E-state index contributed by atoms with van der Waals surface area (Å²) in [5.74, 6) is -0.680. The molecule has 2 rings (SSSR count). The number of carbonyl (C=O) groups is 2. The van der Waals surface area contributed by atoms with Crippen LogP contribution in [-0.4, -0.2) is 37.2 Å². The molecule has 0 bridgehead atoms. The highest BCUT2D eigenvalue weighted by Gasteiger charge is 2.31. The lowest BCUT2D eigenvalue weighted by Gasteiger charge is -2.22. The normalized spacial score (nSPS) is 12.8. The quantitative estimate of drug-likeness (QED) is 0.769. The monoisotopic (exact) mass is 363 g/mol. The summed E-state index contributed by atoms with van der Waals surface area (Å²) in [5.41, 5.74) is 0.743. The molecule has 0 saturated heterocycles. The number of methoxy groups -OCH3 is 2. The van der Waals surface area contributed by atoms with Crippen LogP contribution in [0.5, 0.6) is 5.75 Å². The molecule has 2 aromatic carbocycles. The second-order valence-electron chi connectivity index (χ2n) is 5.20. The highest BCUT2D eigenvalue weighted by atomic mass is 35.5. The second-order valence-corrected chi connectivity index (χ2v) is 5.64. The van der Waals surface area contributed by atoms with E-state index in [2.05, 4.69) is 5.32 Å². The third-order valence-corrected chi connectivity index (χ3v) is 3.87. The number of hydrogen-bond acceptors (Lipinski definition) is 5. The third kappa shape index (κ3) is 4.71. The zero-order valence-corrected chi connectivity index (χ0v) is 14.5. The number of aliphatic hydroxyl groups is 1. The molecule has 0 aliphatic rings. The number of amides is 1. The molecule has 0 spiro atoms. The number of carbonyl (C=O) groups excluding carboxylic acids is 2. The van der Waals surface area contributed by atoms with Crippen molar-refractivity contribution in [3.05, 3.63) is 64.7 Å². The molecule has 0 fully saturated rings. The van der Waals surface area contributed by atoms with Crippen molar-refractivity contribution >= 4 is 23.5 Å². The molecule has 2 aromatic rings. The Morgan fingerprint density at radius 2 is 1.64 bits per heavy atom. The van der Waals surface area contributed by atoms with Crippen molar-refractivity contribution in [1.29, 1.82) is 0 Å². The van der Waals surface area contributed by atoms with Crippen LogP contribution in [0.25, 0.3) is 0 Å². The summed E-state index contributed by atoms with van der Waals surface area (Å²) in [6.45, 7) is 0. The summed E-state index contributed by atoms with van der Waals surface area (Å²) in [5, 5.41) is 13.5. The average Bonchev–Trinajstić information content (AvgIpc) is 2.65. The molecular formula is C18H18ClNO5. The van der Waals surface area contributed by atoms with Gasteiger partial charge in [0.05, 0.1) is 14.2 Å². The van der Waals surface area contributed by atoms with Gasteiger partial charge in [0.25, 0.3) is 5.91 Å². The highest BCUT2D eigenvalue weighted by molar-refractivity contribution is 6.30. The van der Waals surface area contributed by atoms with Crippen molar-refractivity contribution in [1.82, 2.24) is 5.32 Å². The predicted octanol–water partition coefficient (Wildman–Crippen LogP) is 2.35. The number of esters is 1. The first-order chi connectivity index (χ1) is 12.0. The minimum absolute atomic E-state index is 0.306. The van der Waals surface area contributed by atoms with Gasteiger partial charge in [0.1, 0.15) is 11.9 Å². The maximum atomic E-state index is 12.3. The number of ether oxygens (including phenoxy) is 2. The third-order valence-electron chi connectivity index (χ3n) is 3.62. The Morgan fingerprint density at radius 3 is 2.16 bits per heavy atom. The SMILES string of the molecule is COC(=O)C(NC(=O)c1ccc(Cl)cc1)C(O)c1ccc(OC)cc1. The molecule has 1 amide bonds. The topological polar surface area (TPSA) is 84.9 Å². The van der Waals surface area contributed by atoms with Crippen LogP contribution in [0.3, 0.4) is 0 Å². The summed E-state index contributed by atoms with van der Waals surface area (Å²) < 4.78 is 9.75. The van der Waals surface area contributed by atoms with Crippen molar-refractivity contribution in [2.45, 2.75) is 12.1 Å². The van der Waals surface area contributed by atoms with E-state index in [9.17, 15) is 14.7 Å². The predicted molar refractivity (Wildman–Crippen MR) is 92.7 cm³/mol. The van der Waals surface area contributed by atoms with Gasteiger partial charge in [0, 0.05) is 10.6 Å². The zero-order valence-electron chi connectivity index (χ0n) is 13.7. The summed E-state index contributed by atoms with van der Waals surface area (Å²) in [7, 11) is 2.71. The molecule has 0 heterocycles. The fourth-order valence-electron chi connectivity index (χ4n) is 2.21. The average molecular weight is 364 g/mol. The summed E-state index contributed by atoms with van der Waals surface area (Å²) in [4.78, 5) is 24.4. The van der Waals surface area contributed by atoms with Crippen molar-refractivity contribution in [3.8, 4) is 5.75 Å². The minimum atomic E-state index is -1.28. The Labute approximate surface area is 150 Å². The molecule has 2 unspecified atom stereocenters. The van der Waals surface area contributed by atoms with Gasteiger partial charge in [0.15, 0.2) is 6.04 Å². The van der Waals surface area contributed by atoms with E-state index >= 15 is 0 Å². The second kappa shape index (κ2) is 8.50. The minimum Gasteiger partial charge on any atom is -0.497 e. The van der Waals surface area contributed by atoms with Crippen molar-refractivity contribution in [2.75, 3.05) is 14.2 Å². The van der Waals surface area contributed by atoms with Gasteiger partial charge in [-0.2, -0.15) is 0 Å². The van der Waals surface area contributed by atoms with E-state index in [0.29, 0.717) is 21.9 Å². The van der Waals surface area contributed by atoms with Crippen LogP contribution in [0.2, 0.25) is 5.02 Å². The molecule has 0 aliphatic carbocycles. The van der Waals surface area contributed by atoms with Gasteiger partial charge in [-0.15, -0.1) is 0 Å². The van der Waals surface area contributed by atoms with E-state index < -0.39 is 24.0 Å². The lowest BCUT2D eigenvalue weighted by molar-refractivity contribution is -0.146. The summed E-state index contributed by atoms with van der Waals surface area (Å²) >= 11 is 5.79. The maximum absolute atomic E-state index is 12.3. The van der Waals surface area contributed by atoms with E-state index in [0.717, 1.165) is 0 Å². The molecule has 6 nitrogen and oxygen atoms in total. The first-order valence-corrected chi connectivity index (χ1v) is 7.80. The first kappa shape index (κ1) is 18.8. The Hall–Kier alpha value is -2.57. The van der Waals surface area contributed by atoms with Crippen LogP contribution >= 0.6 is 11.6 Å². The van der Waals surface area contributed by atoms with Gasteiger partial charge in [-0.05, 0) is 42.0 Å². The van der Waals surface area contributed by atoms with Gasteiger partial charge in [-0.3, -0.25) is 4.79 Å². The molecule has 0 aromatic heterocycles. The van der Waals surface area contributed by atoms with Crippen LogP contribution in [0, 0.1) is 0 Å². The molecule has 0 radical (unpaired) electrons. The van der Waals surface area contributed by atoms with Crippen molar-refractivity contribution in [3.63, 3.8) is 0 Å². The Morgan fingerprint density at radius 1 is 1.04 bits per heavy atom. The number of halogens is 1. The van der Waals surface area contributed by atoms with Crippen molar-refractivity contribution in [2.24, 2.45) is 0 Å². The molecule has 2 N–H and O–H groups in total. The van der Waals surface area contributed by atoms with Gasteiger partial charge >= 0.3 is 5.97 Å². The van der Waals surface area contributed by atoms with E-state index in [1.807, 2.05) is 0 Å². The van der Waals surface area contributed by atoms with Crippen LogP contribution in [0.1, 0.15) is 22.0 Å². The Bertz CT molecular complexity index is 730. The van der Waals surface area contributed by atoms with Crippen LogP contribution < -0.4 is 10.1 Å². The number of hydrogen-bond donors (Lipinski definition) is 2. The van der Waals surface area contributed by atoms with Crippen LogP contribution in [0.4, 0.5) is 0 Å². The molecule has 0 aliphatic heterocycles. The summed E-state index contributed by atoms with van der Waals surface area (Å²) in [6.07, 6.45) is -1.28. The van der Waals surface area contributed by atoms with E-state index in [1.165, 1.54) is 26.4 Å². The number of nitrogens with one attached hydrogen (secondary N) is 1. The van der Waals surface area contributed by atoms with Gasteiger partial charge in [-0.1, -0.05) is 23.7 Å². The Kier molecular flexibility index (Phi) is 6.38. The fraction of sp³-hybridized carbons (Fsp3) is 0.222. The molecule has 2 atom stereocenters. The van der Waals surface area contributed by atoms with E-state index in [-0.39, 0.29) is 0 Å². The zero-order chi connectivity index (χ0) is 18.4. The van der Waals surface area contributed by atoms with Gasteiger partial charge < -0.3 is 19.9 Å². The molecule has 0 saturated carbocycles. The highest BCUT2D eigenvalue weighted by Crippen LogP contribution is 2.21. The fourth-order valence-corrected chi connectivity index (χ4v) is 2.34.